The summed E-state index contributed by atoms with van der Waals surface area (Å²) < 4.78 is 24.9. The van der Waals surface area contributed by atoms with Crippen molar-refractivity contribution in [1.82, 2.24) is 0 Å². The van der Waals surface area contributed by atoms with E-state index in [1.54, 1.807) is 0 Å². The fourth-order valence-electron chi connectivity index (χ4n) is 0.544. The summed E-state index contributed by atoms with van der Waals surface area (Å²) in [4.78, 5) is 0. The van der Waals surface area contributed by atoms with Gasteiger partial charge in [-0.15, -0.1) is 0 Å². The lowest BCUT2D eigenvalue weighted by atomic mass is 10.3. The van der Waals surface area contributed by atoms with E-state index in [2.05, 4.69) is 0 Å². The normalized spacial score (nSPS) is 10.3. The fourth-order valence-corrected chi connectivity index (χ4v) is 1.11. The third kappa shape index (κ3) is 1.58. The summed E-state index contributed by atoms with van der Waals surface area (Å²) in [7, 11) is 0. The van der Waals surface area contributed by atoms with Crippen molar-refractivity contribution in [3.63, 3.8) is 0 Å². The molecule has 0 fully saturated rings. The van der Waals surface area contributed by atoms with Crippen LogP contribution in [0.25, 0.3) is 0 Å². The number of halogens is 5. The highest BCUT2D eigenvalue weighted by Gasteiger charge is 2.13. The van der Waals surface area contributed by atoms with Gasteiger partial charge >= 0.3 is 0 Å². The van der Waals surface area contributed by atoms with Gasteiger partial charge in [0, 0.05) is 0 Å². The van der Waals surface area contributed by atoms with Crippen LogP contribution < -0.4 is 0 Å². The molecule has 1 aromatic rings. The summed E-state index contributed by atoms with van der Waals surface area (Å²) in [5.41, 5.74) is 0. The van der Waals surface area contributed by atoms with Crippen LogP contribution in [0.5, 0.6) is 0 Å². The molecule has 1 rings (SSSR count). The summed E-state index contributed by atoms with van der Waals surface area (Å²) in [6.07, 6.45) is 0. The van der Waals surface area contributed by atoms with Gasteiger partial charge < -0.3 is 0 Å². The highest BCUT2D eigenvalue weighted by Crippen LogP contribution is 2.33. The van der Waals surface area contributed by atoms with Gasteiger partial charge in [-0.1, -0.05) is 34.8 Å². The van der Waals surface area contributed by atoms with E-state index in [1.165, 1.54) is 0 Å². The van der Waals surface area contributed by atoms with Crippen molar-refractivity contribution in [2.24, 2.45) is 0 Å². The molecule has 0 bridgehead atoms. The molecule has 60 valence electrons. The predicted octanol–water partition coefficient (Wildman–Crippen LogP) is 3.92. The van der Waals surface area contributed by atoms with Gasteiger partial charge in [-0.05, 0) is 6.07 Å². The molecule has 0 aliphatic heterocycles. The van der Waals surface area contributed by atoms with E-state index in [1.807, 2.05) is 0 Å². The van der Waals surface area contributed by atoms with E-state index in [9.17, 15) is 8.78 Å². The van der Waals surface area contributed by atoms with Gasteiger partial charge in [-0.2, -0.15) is 0 Å². The lowest BCUT2D eigenvalue weighted by molar-refractivity contribution is 0.509. The zero-order chi connectivity index (χ0) is 8.59. The van der Waals surface area contributed by atoms with Crippen LogP contribution in [0.3, 0.4) is 0 Å². The minimum Gasteiger partial charge on any atom is -0.204 e. The largest absolute Gasteiger partial charge is 0.204 e. The number of hydrogen-bond donors (Lipinski definition) is 0. The van der Waals surface area contributed by atoms with Gasteiger partial charge in [0.1, 0.15) is 0 Å². The summed E-state index contributed by atoms with van der Waals surface area (Å²) >= 11 is 16.0. The molecular formula is C6HCl3F2. The lowest BCUT2D eigenvalue weighted by Crippen LogP contribution is -1.86. The second-order valence-corrected chi connectivity index (χ2v) is 2.95. The third-order valence-corrected chi connectivity index (χ3v) is 2.30. The molecule has 5 heteroatoms. The monoisotopic (exact) mass is 216 g/mol. The molecule has 0 aliphatic rings. The van der Waals surface area contributed by atoms with Crippen molar-refractivity contribution in [1.29, 1.82) is 0 Å². The first-order chi connectivity index (χ1) is 5.04. The van der Waals surface area contributed by atoms with E-state index in [-0.39, 0.29) is 10.0 Å². The van der Waals surface area contributed by atoms with Gasteiger partial charge in [0.15, 0.2) is 11.6 Å². The highest BCUT2D eigenvalue weighted by molar-refractivity contribution is 6.48. The summed E-state index contributed by atoms with van der Waals surface area (Å²) in [5, 5.41) is -0.764. The molecule has 0 aliphatic carbocycles. The molecule has 0 aromatic heterocycles. The van der Waals surface area contributed by atoms with Crippen LogP contribution in [-0.4, -0.2) is 0 Å². The standard InChI is InChI=1S/C6HCl3F2/c7-2-1-3(10)6(11)5(9)4(2)8/h1H. The second kappa shape index (κ2) is 3.13. The highest BCUT2D eigenvalue weighted by atomic mass is 35.5. The average Bonchev–Trinajstić information content (AvgIpc) is 1.97. The molecule has 0 radical (unpaired) electrons. The Labute approximate surface area is 76.7 Å². The van der Waals surface area contributed by atoms with Crippen LogP contribution in [0.2, 0.25) is 15.1 Å². The van der Waals surface area contributed by atoms with Crippen molar-refractivity contribution in [2.75, 3.05) is 0 Å². The Bertz CT molecular complexity index is 272. The molecule has 0 saturated carbocycles. The summed E-state index contributed by atoms with van der Waals surface area (Å²) in [5.74, 6) is -2.29. The number of hydrogen-bond acceptors (Lipinski definition) is 0. The maximum Gasteiger partial charge on any atom is 0.179 e. The molecule has 0 heterocycles. The SMILES string of the molecule is Fc1cc(Cl)c(Cl)c(Cl)c1F. The first-order valence-electron chi connectivity index (χ1n) is 2.52. The van der Waals surface area contributed by atoms with Gasteiger partial charge in [0.05, 0.1) is 15.1 Å². The van der Waals surface area contributed by atoms with Gasteiger partial charge in [-0.3, -0.25) is 0 Å². The third-order valence-electron chi connectivity index (χ3n) is 1.06. The molecule has 0 spiro atoms. The van der Waals surface area contributed by atoms with E-state index in [0.29, 0.717) is 0 Å². The zero-order valence-corrected chi connectivity index (χ0v) is 7.23. The van der Waals surface area contributed by atoms with Crippen molar-refractivity contribution in [3.8, 4) is 0 Å². The first-order valence-corrected chi connectivity index (χ1v) is 3.66. The quantitative estimate of drug-likeness (QED) is 0.456. The second-order valence-electron chi connectivity index (χ2n) is 1.78. The van der Waals surface area contributed by atoms with Crippen molar-refractivity contribution in [3.05, 3.63) is 32.8 Å². The van der Waals surface area contributed by atoms with Crippen LogP contribution in [0.1, 0.15) is 0 Å². The van der Waals surface area contributed by atoms with Crippen molar-refractivity contribution < 1.29 is 8.78 Å². The summed E-state index contributed by atoms with van der Waals surface area (Å²) in [6.45, 7) is 0. The lowest BCUT2D eigenvalue weighted by Gasteiger charge is -2.00. The van der Waals surface area contributed by atoms with Gasteiger partial charge in [-0.25, -0.2) is 8.78 Å². The molecule has 0 N–H and O–H groups in total. The molecule has 0 unspecified atom stereocenters. The Kier molecular flexibility index (Phi) is 2.58. The van der Waals surface area contributed by atoms with Gasteiger partial charge in [0.2, 0.25) is 0 Å². The zero-order valence-electron chi connectivity index (χ0n) is 4.97. The van der Waals surface area contributed by atoms with Crippen LogP contribution in [0.4, 0.5) is 8.78 Å². The smallest absolute Gasteiger partial charge is 0.179 e. The Balaban J connectivity index is 3.46. The fraction of sp³-hybridized carbons (Fsp3) is 0. The van der Waals surface area contributed by atoms with Crippen LogP contribution in [-0.2, 0) is 0 Å². The van der Waals surface area contributed by atoms with Crippen molar-refractivity contribution in [2.45, 2.75) is 0 Å². The molecule has 0 nitrogen and oxygen atoms in total. The minimum absolute atomic E-state index is 0.101. The Morgan fingerprint density at radius 2 is 1.55 bits per heavy atom. The predicted molar refractivity (Wildman–Crippen MR) is 41.4 cm³/mol. The molecule has 0 atom stereocenters. The topological polar surface area (TPSA) is 0 Å². The van der Waals surface area contributed by atoms with Crippen molar-refractivity contribution >= 4 is 34.8 Å². The Morgan fingerprint density at radius 1 is 1.00 bits per heavy atom. The number of rotatable bonds is 0. The minimum atomic E-state index is -1.18. The first kappa shape index (κ1) is 9.04. The molecule has 1 aromatic carbocycles. The molecule has 11 heavy (non-hydrogen) atoms. The Morgan fingerprint density at radius 3 is 2.09 bits per heavy atom. The van der Waals surface area contributed by atoms with E-state index in [4.69, 9.17) is 34.8 Å². The van der Waals surface area contributed by atoms with Gasteiger partial charge in [0.25, 0.3) is 0 Å². The molecule has 0 amide bonds. The Hall–Kier alpha value is -0.0500. The van der Waals surface area contributed by atoms with E-state index < -0.39 is 16.7 Å². The number of benzene rings is 1. The van der Waals surface area contributed by atoms with E-state index >= 15 is 0 Å². The maximum atomic E-state index is 12.5. The summed E-state index contributed by atoms with van der Waals surface area (Å²) in [6, 6.07) is 0.769. The van der Waals surface area contributed by atoms with Crippen LogP contribution in [0.15, 0.2) is 6.07 Å². The molecular weight excluding hydrogens is 216 g/mol. The maximum absolute atomic E-state index is 12.5. The average molecular weight is 217 g/mol. The molecule has 0 saturated heterocycles. The van der Waals surface area contributed by atoms with Crippen LogP contribution in [0, 0.1) is 11.6 Å². The van der Waals surface area contributed by atoms with Crippen LogP contribution >= 0.6 is 34.8 Å². The van der Waals surface area contributed by atoms with E-state index in [0.717, 1.165) is 6.07 Å².